The minimum Gasteiger partial charge on any atom is -0.469 e. The van der Waals surface area contributed by atoms with Crippen LogP contribution in [0, 0.1) is 5.41 Å². The summed E-state index contributed by atoms with van der Waals surface area (Å²) in [5.41, 5.74) is -0.0870. The zero-order chi connectivity index (χ0) is 14.4. The number of carbonyl (C=O) groups is 1. The SMILES string of the molecule is CCC(C)(C)CNS(=O)(=O)N(C)CCC(=O)OC. The highest BCUT2D eigenvalue weighted by atomic mass is 32.2. The molecule has 0 amide bonds. The number of hydrogen-bond donors (Lipinski definition) is 1. The molecular formula is C11H24N2O4S. The molecule has 0 saturated carbocycles. The van der Waals surface area contributed by atoms with Crippen LogP contribution in [0.25, 0.3) is 0 Å². The van der Waals surface area contributed by atoms with Gasteiger partial charge in [0.1, 0.15) is 0 Å². The molecule has 0 heterocycles. The van der Waals surface area contributed by atoms with Gasteiger partial charge in [-0.15, -0.1) is 0 Å². The van der Waals surface area contributed by atoms with E-state index < -0.39 is 16.2 Å². The maximum atomic E-state index is 11.9. The molecule has 0 spiro atoms. The van der Waals surface area contributed by atoms with Crippen molar-refractivity contribution in [3.05, 3.63) is 0 Å². The van der Waals surface area contributed by atoms with Gasteiger partial charge in [0.15, 0.2) is 0 Å². The van der Waals surface area contributed by atoms with E-state index in [0.717, 1.165) is 10.7 Å². The average molecular weight is 280 g/mol. The summed E-state index contributed by atoms with van der Waals surface area (Å²) in [6.07, 6.45) is 0.923. The number of ether oxygens (including phenoxy) is 1. The van der Waals surface area contributed by atoms with Crippen LogP contribution in [0.3, 0.4) is 0 Å². The lowest BCUT2D eigenvalue weighted by Crippen LogP contribution is -2.43. The van der Waals surface area contributed by atoms with E-state index in [1.165, 1.54) is 14.2 Å². The molecule has 0 rings (SSSR count). The lowest BCUT2D eigenvalue weighted by atomic mass is 9.91. The first kappa shape index (κ1) is 17.3. The second kappa shape index (κ2) is 7.06. The molecule has 0 unspecified atom stereocenters. The summed E-state index contributed by atoms with van der Waals surface area (Å²) >= 11 is 0. The summed E-state index contributed by atoms with van der Waals surface area (Å²) in [7, 11) is -0.821. The van der Waals surface area contributed by atoms with E-state index in [1.54, 1.807) is 0 Å². The number of nitrogens with zero attached hydrogens (tertiary/aromatic N) is 1. The van der Waals surface area contributed by atoms with Crippen LogP contribution < -0.4 is 4.72 Å². The smallest absolute Gasteiger partial charge is 0.306 e. The van der Waals surface area contributed by atoms with Crippen molar-refractivity contribution in [1.29, 1.82) is 0 Å². The summed E-state index contributed by atoms with van der Waals surface area (Å²) in [6, 6.07) is 0. The number of nitrogens with one attached hydrogen (secondary N) is 1. The van der Waals surface area contributed by atoms with Crippen molar-refractivity contribution >= 4 is 16.2 Å². The summed E-state index contributed by atoms with van der Waals surface area (Å²) in [4.78, 5) is 10.9. The molecule has 0 aromatic carbocycles. The Kier molecular flexibility index (Phi) is 6.80. The minimum atomic E-state index is -3.53. The molecule has 0 radical (unpaired) electrons. The average Bonchev–Trinajstić information content (AvgIpc) is 2.33. The Balaban J connectivity index is 4.32. The van der Waals surface area contributed by atoms with Gasteiger partial charge in [-0.3, -0.25) is 4.79 Å². The van der Waals surface area contributed by atoms with Crippen molar-refractivity contribution in [1.82, 2.24) is 9.03 Å². The van der Waals surface area contributed by atoms with Crippen LogP contribution in [0.4, 0.5) is 0 Å². The van der Waals surface area contributed by atoms with Crippen molar-refractivity contribution in [3.63, 3.8) is 0 Å². The zero-order valence-corrected chi connectivity index (χ0v) is 12.6. The molecule has 18 heavy (non-hydrogen) atoms. The third-order valence-electron chi connectivity index (χ3n) is 2.96. The lowest BCUT2D eigenvalue weighted by Gasteiger charge is -2.25. The summed E-state index contributed by atoms with van der Waals surface area (Å²) in [5.74, 6) is -0.425. The molecule has 0 aliphatic rings. The van der Waals surface area contributed by atoms with Crippen molar-refractivity contribution in [2.45, 2.75) is 33.6 Å². The van der Waals surface area contributed by atoms with E-state index in [2.05, 4.69) is 9.46 Å². The van der Waals surface area contributed by atoms with Crippen molar-refractivity contribution in [2.75, 3.05) is 27.2 Å². The van der Waals surface area contributed by atoms with Gasteiger partial charge in [0.05, 0.1) is 13.5 Å². The van der Waals surface area contributed by atoms with E-state index in [9.17, 15) is 13.2 Å². The van der Waals surface area contributed by atoms with Crippen LogP contribution in [0.5, 0.6) is 0 Å². The highest BCUT2D eigenvalue weighted by molar-refractivity contribution is 7.87. The summed E-state index contributed by atoms with van der Waals surface area (Å²) in [5, 5.41) is 0. The fraction of sp³-hybridized carbons (Fsp3) is 0.909. The molecule has 0 atom stereocenters. The van der Waals surface area contributed by atoms with Crippen LogP contribution in [0.2, 0.25) is 0 Å². The molecule has 1 N–H and O–H groups in total. The van der Waals surface area contributed by atoms with E-state index in [4.69, 9.17) is 0 Å². The minimum absolute atomic E-state index is 0.0467. The Labute approximate surface area is 110 Å². The Bertz CT molecular complexity index is 365. The predicted molar refractivity (Wildman–Crippen MR) is 70.3 cm³/mol. The second-order valence-electron chi connectivity index (χ2n) is 4.99. The molecule has 0 aliphatic carbocycles. The number of methoxy groups -OCH3 is 1. The third-order valence-corrected chi connectivity index (χ3v) is 4.47. The first-order valence-corrected chi connectivity index (χ1v) is 7.36. The first-order valence-electron chi connectivity index (χ1n) is 5.92. The van der Waals surface area contributed by atoms with Crippen LogP contribution in [-0.2, 0) is 19.7 Å². The van der Waals surface area contributed by atoms with E-state index >= 15 is 0 Å². The number of carbonyl (C=O) groups excluding carboxylic acids is 1. The number of hydrogen-bond acceptors (Lipinski definition) is 4. The monoisotopic (exact) mass is 280 g/mol. The third kappa shape index (κ3) is 6.32. The van der Waals surface area contributed by atoms with Crippen LogP contribution in [-0.4, -0.2) is 45.9 Å². The number of esters is 1. The van der Waals surface area contributed by atoms with Gasteiger partial charge < -0.3 is 4.74 Å². The zero-order valence-electron chi connectivity index (χ0n) is 11.8. The van der Waals surface area contributed by atoms with Gasteiger partial charge in [-0.2, -0.15) is 12.7 Å². The highest BCUT2D eigenvalue weighted by Gasteiger charge is 2.22. The molecule has 0 aliphatic heterocycles. The van der Waals surface area contributed by atoms with Gasteiger partial charge >= 0.3 is 5.97 Å². The standard InChI is InChI=1S/C11H24N2O4S/c1-6-11(2,3)9-12-18(15,16)13(4)8-7-10(14)17-5/h12H,6-9H2,1-5H3. The maximum Gasteiger partial charge on any atom is 0.306 e. The molecule has 0 saturated heterocycles. The van der Waals surface area contributed by atoms with Crippen LogP contribution in [0.15, 0.2) is 0 Å². The maximum absolute atomic E-state index is 11.9. The Morgan fingerprint density at radius 1 is 1.39 bits per heavy atom. The molecule has 7 heteroatoms. The Morgan fingerprint density at radius 3 is 2.39 bits per heavy atom. The fourth-order valence-corrected chi connectivity index (χ4v) is 2.12. The van der Waals surface area contributed by atoms with Gasteiger partial charge in [0.2, 0.25) is 0 Å². The largest absolute Gasteiger partial charge is 0.469 e. The van der Waals surface area contributed by atoms with Crippen LogP contribution >= 0.6 is 0 Å². The summed E-state index contributed by atoms with van der Waals surface area (Å²) < 4.78 is 31.8. The van der Waals surface area contributed by atoms with Gasteiger partial charge in [-0.1, -0.05) is 20.8 Å². The van der Waals surface area contributed by atoms with Crippen molar-refractivity contribution < 1.29 is 17.9 Å². The normalized spacial score (nSPS) is 12.8. The highest BCUT2D eigenvalue weighted by Crippen LogP contribution is 2.18. The fourth-order valence-electron chi connectivity index (χ4n) is 0.993. The van der Waals surface area contributed by atoms with Crippen LogP contribution in [0.1, 0.15) is 33.6 Å². The molecule has 0 bridgehead atoms. The first-order chi connectivity index (χ1) is 8.14. The van der Waals surface area contributed by atoms with Gasteiger partial charge in [-0.25, -0.2) is 4.72 Å². The molecule has 108 valence electrons. The van der Waals surface area contributed by atoms with Gasteiger partial charge in [-0.05, 0) is 11.8 Å². The Morgan fingerprint density at radius 2 is 1.94 bits per heavy atom. The van der Waals surface area contributed by atoms with Crippen molar-refractivity contribution in [2.24, 2.45) is 5.41 Å². The Hall–Kier alpha value is -0.660. The predicted octanol–water partition coefficient (Wildman–Crippen LogP) is 0.752. The lowest BCUT2D eigenvalue weighted by molar-refractivity contribution is -0.140. The van der Waals surface area contributed by atoms with Gasteiger partial charge in [0, 0.05) is 20.1 Å². The molecule has 0 aromatic heterocycles. The van der Waals surface area contributed by atoms with E-state index in [-0.39, 0.29) is 18.4 Å². The molecular weight excluding hydrogens is 256 g/mol. The topological polar surface area (TPSA) is 75.7 Å². The second-order valence-corrected chi connectivity index (χ2v) is 6.85. The van der Waals surface area contributed by atoms with Gasteiger partial charge in [0.25, 0.3) is 10.2 Å². The van der Waals surface area contributed by atoms with E-state index in [0.29, 0.717) is 6.54 Å². The number of rotatable bonds is 8. The quantitative estimate of drug-likeness (QED) is 0.666. The summed E-state index contributed by atoms with van der Waals surface area (Å²) in [6.45, 7) is 6.46. The van der Waals surface area contributed by atoms with Crippen molar-refractivity contribution in [3.8, 4) is 0 Å². The molecule has 0 fully saturated rings. The van der Waals surface area contributed by atoms with E-state index in [1.807, 2.05) is 20.8 Å². The molecule has 0 aromatic rings. The molecule has 6 nitrogen and oxygen atoms in total.